The summed E-state index contributed by atoms with van der Waals surface area (Å²) >= 11 is 1.51. The van der Waals surface area contributed by atoms with Gasteiger partial charge in [-0.25, -0.2) is 4.98 Å². The van der Waals surface area contributed by atoms with Crippen LogP contribution in [0.1, 0.15) is 11.3 Å². The summed E-state index contributed by atoms with van der Waals surface area (Å²) in [5.41, 5.74) is 4.77. The second-order valence-electron chi connectivity index (χ2n) is 4.42. The minimum Gasteiger partial charge on any atom is -0.493 e. The average molecular weight is 321 g/mol. The van der Waals surface area contributed by atoms with Crippen LogP contribution in [0.5, 0.6) is 11.5 Å². The van der Waals surface area contributed by atoms with Crippen molar-refractivity contribution >= 4 is 22.7 Å². The predicted molar refractivity (Wildman–Crippen MR) is 88.4 cm³/mol. The fraction of sp³-hybridized carbons (Fsp3) is 0.333. The summed E-state index contributed by atoms with van der Waals surface area (Å²) in [5, 5.41) is 6.89. The summed E-state index contributed by atoms with van der Waals surface area (Å²) < 4.78 is 15.9. The van der Waals surface area contributed by atoms with Crippen molar-refractivity contribution in [3.05, 3.63) is 34.8 Å². The van der Waals surface area contributed by atoms with Crippen LogP contribution < -0.4 is 14.9 Å². The maximum absolute atomic E-state index is 5.58. The maximum atomic E-state index is 5.58. The molecular formula is C15H19N3O3S. The Morgan fingerprint density at radius 3 is 2.82 bits per heavy atom. The summed E-state index contributed by atoms with van der Waals surface area (Å²) in [4.78, 5) is 4.27. The first-order chi connectivity index (χ1) is 10.7. The quantitative estimate of drug-likeness (QED) is 0.460. The number of methoxy groups -OCH3 is 2. The third-order valence-corrected chi connectivity index (χ3v) is 3.59. The zero-order valence-corrected chi connectivity index (χ0v) is 13.6. The van der Waals surface area contributed by atoms with Gasteiger partial charge in [-0.05, 0) is 30.7 Å². The molecule has 22 heavy (non-hydrogen) atoms. The van der Waals surface area contributed by atoms with E-state index >= 15 is 0 Å². The van der Waals surface area contributed by atoms with Gasteiger partial charge in [0.15, 0.2) is 11.5 Å². The van der Waals surface area contributed by atoms with E-state index in [4.69, 9.17) is 14.2 Å². The molecule has 0 saturated heterocycles. The lowest BCUT2D eigenvalue weighted by atomic mass is 10.2. The lowest BCUT2D eigenvalue weighted by Crippen LogP contribution is -2.05. The third-order valence-electron chi connectivity index (χ3n) is 2.73. The third kappa shape index (κ3) is 4.71. The molecule has 1 aromatic carbocycles. The molecule has 6 nitrogen and oxygen atoms in total. The molecule has 0 amide bonds. The highest BCUT2D eigenvalue weighted by Gasteiger charge is 2.05. The van der Waals surface area contributed by atoms with E-state index in [1.807, 2.05) is 30.5 Å². The van der Waals surface area contributed by atoms with E-state index in [-0.39, 0.29) is 0 Å². The van der Waals surface area contributed by atoms with Gasteiger partial charge in [-0.3, -0.25) is 5.43 Å². The number of aryl methyl sites for hydroxylation is 1. The molecule has 118 valence electrons. The minimum absolute atomic E-state index is 0.477. The second-order valence-corrected chi connectivity index (χ2v) is 5.27. The molecule has 1 heterocycles. The van der Waals surface area contributed by atoms with E-state index in [1.165, 1.54) is 11.3 Å². The van der Waals surface area contributed by atoms with Crippen molar-refractivity contribution in [3.63, 3.8) is 0 Å². The largest absolute Gasteiger partial charge is 0.493 e. The van der Waals surface area contributed by atoms with Crippen LogP contribution in [0.3, 0.4) is 0 Å². The molecule has 0 aliphatic rings. The Labute approximate surface area is 133 Å². The van der Waals surface area contributed by atoms with Gasteiger partial charge >= 0.3 is 0 Å². The Balaban J connectivity index is 1.99. The van der Waals surface area contributed by atoms with Crippen LogP contribution in [0.25, 0.3) is 0 Å². The van der Waals surface area contributed by atoms with Crippen LogP contribution in [0.15, 0.2) is 28.7 Å². The molecule has 0 bridgehead atoms. The number of hydrogen-bond donors (Lipinski definition) is 1. The molecule has 0 radical (unpaired) electrons. The van der Waals surface area contributed by atoms with Crippen LogP contribution in [0.2, 0.25) is 0 Å². The zero-order valence-electron chi connectivity index (χ0n) is 12.8. The van der Waals surface area contributed by atoms with Gasteiger partial charge in [0.2, 0.25) is 5.13 Å². The normalized spacial score (nSPS) is 10.9. The average Bonchev–Trinajstić information content (AvgIpc) is 2.94. The fourth-order valence-electron chi connectivity index (χ4n) is 1.69. The molecular weight excluding hydrogens is 302 g/mol. The number of hydrogen-bond acceptors (Lipinski definition) is 7. The van der Waals surface area contributed by atoms with Gasteiger partial charge in [-0.2, -0.15) is 5.10 Å². The molecule has 1 aromatic heterocycles. The smallest absolute Gasteiger partial charge is 0.203 e. The van der Waals surface area contributed by atoms with Gasteiger partial charge in [-0.15, -0.1) is 11.3 Å². The number of ether oxygens (including phenoxy) is 3. The summed E-state index contributed by atoms with van der Waals surface area (Å²) in [6.45, 7) is 2.95. The van der Waals surface area contributed by atoms with Crippen molar-refractivity contribution < 1.29 is 14.2 Å². The molecule has 1 N–H and O–H groups in total. The van der Waals surface area contributed by atoms with Crippen LogP contribution in [0, 0.1) is 6.92 Å². The Kier molecular flexibility index (Phi) is 6.17. The van der Waals surface area contributed by atoms with Gasteiger partial charge in [-0.1, -0.05) is 0 Å². The Morgan fingerprint density at radius 2 is 2.14 bits per heavy atom. The summed E-state index contributed by atoms with van der Waals surface area (Å²) in [6, 6.07) is 5.62. The number of anilines is 1. The van der Waals surface area contributed by atoms with Crippen LogP contribution in [0.4, 0.5) is 5.13 Å². The molecule has 2 aromatic rings. The first-order valence-corrected chi connectivity index (χ1v) is 7.62. The van der Waals surface area contributed by atoms with Gasteiger partial charge in [0.1, 0.15) is 6.61 Å². The number of nitrogens with zero attached hydrogens (tertiary/aromatic N) is 2. The van der Waals surface area contributed by atoms with E-state index < -0.39 is 0 Å². The van der Waals surface area contributed by atoms with Crippen molar-refractivity contribution in [2.45, 2.75) is 6.92 Å². The standard InChI is InChI=1S/C15H19N3O3S/c1-11-10-22-15(17-11)18-16-9-12-4-5-13(14(8-12)20-3)21-7-6-19-2/h4-5,8-10H,6-7H2,1-3H3,(H,17,18). The van der Waals surface area contributed by atoms with E-state index in [0.29, 0.717) is 24.7 Å². The minimum atomic E-state index is 0.477. The number of benzene rings is 1. The van der Waals surface area contributed by atoms with Crippen molar-refractivity contribution in [1.29, 1.82) is 0 Å². The fourth-order valence-corrected chi connectivity index (χ4v) is 2.32. The first-order valence-electron chi connectivity index (χ1n) is 6.74. The van der Waals surface area contributed by atoms with Gasteiger partial charge in [0.05, 0.1) is 25.6 Å². The predicted octanol–water partition coefficient (Wildman–Crippen LogP) is 2.93. The molecule has 7 heteroatoms. The van der Waals surface area contributed by atoms with Crippen molar-refractivity contribution in [1.82, 2.24) is 4.98 Å². The van der Waals surface area contributed by atoms with E-state index in [0.717, 1.165) is 16.4 Å². The highest BCUT2D eigenvalue weighted by molar-refractivity contribution is 7.13. The topological polar surface area (TPSA) is 65.0 Å². The zero-order chi connectivity index (χ0) is 15.8. The van der Waals surface area contributed by atoms with E-state index in [9.17, 15) is 0 Å². The van der Waals surface area contributed by atoms with Crippen LogP contribution in [-0.2, 0) is 4.74 Å². The summed E-state index contributed by atoms with van der Waals surface area (Å²) in [6.07, 6.45) is 1.71. The highest BCUT2D eigenvalue weighted by Crippen LogP contribution is 2.27. The molecule has 0 aliphatic carbocycles. The molecule has 0 saturated carbocycles. The van der Waals surface area contributed by atoms with Gasteiger partial charge in [0, 0.05) is 12.5 Å². The summed E-state index contributed by atoms with van der Waals surface area (Å²) in [5.74, 6) is 1.34. The van der Waals surface area contributed by atoms with Gasteiger partial charge in [0.25, 0.3) is 0 Å². The molecule has 2 rings (SSSR count). The Hall–Kier alpha value is -2.12. The number of thiazole rings is 1. The van der Waals surface area contributed by atoms with Crippen LogP contribution >= 0.6 is 11.3 Å². The monoisotopic (exact) mass is 321 g/mol. The van der Waals surface area contributed by atoms with E-state index in [1.54, 1.807) is 20.4 Å². The second kappa shape index (κ2) is 8.35. The molecule has 0 fully saturated rings. The number of rotatable bonds is 8. The molecule has 0 spiro atoms. The van der Waals surface area contributed by atoms with Gasteiger partial charge < -0.3 is 14.2 Å². The van der Waals surface area contributed by atoms with Crippen molar-refractivity contribution in [3.8, 4) is 11.5 Å². The summed E-state index contributed by atoms with van der Waals surface area (Å²) in [7, 11) is 3.24. The highest BCUT2D eigenvalue weighted by atomic mass is 32.1. The SMILES string of the molecule is COCCOc1ccc(C=NNc2nc(C)cs2)cc1OC. The Morgan fingerprint density at radius 1 is 1.27 bits per heavy atom. The number of aromatic nitrogens is 1. The van der Waals surface area contributed by atoms with E-state index in [2.05, 4.69) is 15.5 Å². The van der Waals surface area contributed by atoms with Crippen LogP contribution in [-0.4, -0.2) is 38.6 Å². The number of hydrazone groups is 1. The molecule has 0 unspecified atom stereocenters. The number of nitrogens with one attached hydrogen (secondary N) is 1. The lowest BCUT2D eigenvalue weighted by Gasteiger charge is -2.10. The first kappa shape index (κ1) is 16.3. The molecule has 0 atom stereocenters. The van der Waals surface area contributed by atoms with Crippen molar-refractivity contribution in [2.24, 2.45) is 5.10 Å². The van der Waals surface area contributed by atoms with Crippen molar-refractivity contribution in [2.75, 3.05) is 32.9 Å². The Bertz CT molecular complexity index is 628. The maximum Gasteiger partial charge on any atom is 0.203 e. The lowest BCUT2D eigenvalue weighted by molar-refractivity contribution is 0.144. The molecule has 0 aliphatic heterocycles.